The van der Waals surface area contributed by atoms with Crippen molar-refractivity contribution < 1.29 is 4.79 Å². The van der Waals surface area contributed by atoms with Crippen LogP contribution in [0.4, 0.5) is 0 Å². The monoisotopic (exact) mass is 378 g/mol. The average molecular weight is 380 g/mol. The van der Waals surface area contributed by atoms with Gasteiger partial charge in [0.05, 0.1) is 12.1 Å². The van der Waals surface area contributed by atoms with E-state index in [4.69, 9.17) is 23.2 Å². The van der Waals surface area contributed by atoms with Crippen LogP contribution in [0.25, 0.3) is 0 Å². The molecule has 0 spiro atoms. The van der Waals surface area contributed by atoms with E-state index in [0.29, 0.717) is 12.1 Å². The van der Waals surface area contributed by atoms with Gasteiger partial charge < -0.3 is 4.90 Å². The molecule has 100 valence electrons. The summed E-state index contributed by atoms with van der Waals surface area (Å²) in [6.45, 7) is 0.522. The van der Waals surface area contributed by atoms with Gasteiger partial charge in [0.25, 0.3) is 5.91 Å². The van der Waals surface area contributed by atoms with Gasteiger partial charge in [0.15, 0.2) is 0 Å². The summed E-state index contributed by atoms with van der Waals surface area (Å²) in [4.78, 5) is 18.8. The molecule has 7 heteroatoms. The van der Waals surface area contributed by atoms with Gasteiger partial charge in [-0.2, -0.15) is 0 Å². The van der Waals surface area contributed by atoms with E-state index in [2.05, 4.69) is 20.9 Å². The Bertz CT molecular complexity index is 618. The second-order valence-electron chi connectivity index (χ2n) is 3.86. The van der Waals surface area contributed by atoms with Crippen LogP contribution in [0.2, 0.25) is 10.3 Å². The highest BCUT2D eigenvalue weighted by molar-refractivity contribution is 9.10. The summed E-state index contributed by atoms with van der Waals surface area (Å²) in [6, 6.07) is 5.12. The largest absolute Gasteiger partial charge is 0.336 e. The molecular formula is C12H9BrCl2N2OS. The lowest BCUT2D eigenvalue weighted by Gasteiger charge is -2.16. The molecule has 0 aliphatic heterocycles. The SMILES string of the molecule is CN(Cc1cc(Br)cs1)C(=O)c1ccc(Cl)nc1Cl. The number of pyridine rings is 1. The Morgan fingerprint density at radius 2 is 2.21 bits per heavy atom. The highest BCUT2D eigenvalue weighted by Gasteiger charge is 2.17. The number of hydrogen-bond donors (Lipinski definition) is 0. The summed E-state index contributed by atoms with van der Waals surface area (Å²) in [5, 5.41) is 2.37. The molecule has 0 aliphatic carbocycles. The molecule has 19 heavy (non-hydrogen) atoms. The van der Waals surface area contributed by atoms with E-state index >= 15 is 0 Å². The van der Waals surface area contributed by atoms with E-state index in [-0.39, 0.29) is 16.2 Å². The molecule has 2 aromatic heterocycles. The first-order chi connectivity index (χ1) is 8.97. The van der Waals surface area contributed by atoms with Gasteiger partial charge in [-0.1, -0.05) is 23.2 Å². The van der Waals surface area contributed by atoms with Crippen molar-refractivity contribution in [3.8, 4) is 0 Å². The van der Waals surface area contributed by atoms with Crippen LogP contribution in [0, 0.1) is 0 Å². The van der Waals surface area contributed by atoms with Crippen molar-refractivity contribution in [1.82, 2.24) is 9.88 Å². The average Bonchev–Trinajstić information content (AvgIpc) is 2.74. The summed E-state index contributed by atoms with van der Waals surface area (Å²) in [7, 11) is 1.72. The molecule has 0 bridgehead atoms. The van der Waals surface area contributed by atoms with Crippen molar-refractivity contribution in [2.75, 3.05) is 7.05 Å². The summed E-state index contributed by atoms with van der Waals surface area (Å²) < 4.78 is 1.01. The number of hydrogen-bond acceptors (Lipinski definition) is 3. The Hall–Kier alpha value is -0.620. The second-order valence-corrected chi connectivity index (χ2v) is 6.52. The van der Waals surface area contributed by atoms with Gasteiger partial charge >= 0.3 is 0 Å². The van der Waals surface area contributed by atoms with Gasteiger partial charge in [0.1, 0.15) is 10.3 Å². The van der Waals surface area contributed by atoms with Crippen LogP contribution in [0.5, 0.6) is 0 Å². The standard InChI is InChI=1S/C12H9BrCl2N2OS/c1-17(5-8-4-7(13)6-19-8)12(18)9-2-3-10(14)16-11(9)15/h2-4,6H,5H2,1H3. The Balaban J connectivity index is 2.14. The van der Waals surface area contributed by atoms with Gasteiger partial charge in [0.2, 0.25) is 0 Å². The van der Waals surface area contributed by atoms with Crippen LogP contribution in [0.1, 0.15) is 15.2 Å². The molecule has 0 fully saturated rings. The zero-order valence-electron chi connectivity index (χ0n) is 9.86. The zero-order valence-corrected chi connectivity index (χ0v) is 13.8. The molecule has 0 atom stereocenters. The van der Waals surface area contributed by atoms with Crippen LogP contribution in [-0.4, -0.2) is 22.8 Å². The molecule has 2 aromatic rings. The highest BCUT2D eigenvalue weighted by Crippen LogP contribution is 2.23. The molecule has 0 unspecified atom stereocenters. The predicted octanol–water partition coefficient (Wildman–Crippen LogP) is 4.48. The normalized spacial score (nSPS) is 10.5. The maximum atomic E-state index is 12.2. The molecular weight excluding hydrogens is 371 g/mol. The van der Waals surface area contributed by atoms with Gasteiger partial charge in [-0.15, -0.1) is 11.3 Å². The van der Waals surface area contributed by atoms with Gasteiger partial charge in [0, 0.05) is 21.8 Å². The lowest BCUT2D eigenvalue weighted by molar-refractivity contribution is 0.0786. The molecule has 3 nitrogen and oxygen atoms in total. The molecule has 0 N–H and O–H groups in total. The second kappa shape index (κ2) is 6.22. The van der Waals surface area contributed by atoms with Crippen LogP contribution in [0.15, 0.2) is 28.1 Å². The summed E-state index contributed by atoms with van der Waals surface area (Å²) in [5.41, 5.74) is 0.351. The fourth-order valence-electron chi connectivity index (χ4n) is 1.52. The number of amides is 1. The number of rotatable bonds is 3. The lowest BCUT2D eigenvalue weighted by Crippen LogP contribution is -2.26. The van der Waals surface area contributed by atoms with E-state index in [1.807, 2.05) is 11.4 Å². The molecule has 2 rings (SSSR count). The van der Waals surface area contributed by atoms with Crippen LogP contribution >= 0.6 is 50.5 Å². The zero-order chi connectivity index (χ0) is 14.0. The van der Waals surface area contributed by atoms with Crippen molar-refractivity contribution in [2.24, 2.45) is 0 Å². The summed E-state index contributed by atoms with van der Waals surface area (Å²) in [5.74, 6) is -0.182. The van der Waals surface area contributed by atoms with Crippen molar-refractivity contribution in [1.29, 1.82) is 0 Å². The fraction of sp³-hybridized carbons (Fsp3) is 0.167. The van der Waals surface area contributed by atoms with Crippen LogP contribution in [-0.2, 0) is 6.54 Å². The molecule has 0 aromatic carbocycles. The minimum atomic E-state index is -0.182. The van der Waals surface area contributed by atoms with Crippen LogP contribution < -0.4 is 0 Å². The predicted molar refractivity (Wildman–Crippen MR) is 82.1 cm³/mol. The Morgan fingerprint density at radius 3 is 2.79 bits per heavy atom. The van der Waals surface area contributed by atoms with Crippen LogP contribution in [0.3, 0.4) is 0 Å². The highest BCUT2D eigenvalue weighted by atomic mass is 79.9. The number of carbonyl (C=O) groups excluding carboxylic acids is 1. The van der Waals surface area contributed by atoms with Gasteiger partial charge in [-0.3, -0.25) is 4.79 Å². The van der Waals surface area contributed by atoms with E-state index in [1.165, 1.54) is 0 Å². The minimum Gasteiger partial charge on any atom is -0.336 e. The molecule has 0 aliphatic rings. The number of aromatic nitrogens is 1. The topological polar surface area (TPSA) is 33.2 Å². The number of thiophene rings is 1. The minimum absolute atomic E-state index is 0.122. The third-order valence-corrected chi connectivity index (χ3v) is 4.59. The number of nitrogens with zero attached hydrogens (tertiary/aromatic N) is 2. The van der Waals surface area contributed by atoms with E-state index in [9.17, 15) is 4.79 Å². The number of carbonyl (C=O) groups is 1. The van der Waals surface area contributed by atoms with E-state index in [1.54, 1.807) is 35.4 Å². The lowest BCUT2D eigenvalue weighted by atomic mass is 10.2. The quantitative estimate of drug-likeness (QED) is 0.736. The Morgan fingerprint density at radius 1 is 1.47 bits per heavy atom. The maximum Gasteiger partial charge on any atom is 0.257 e. The van der Waals surface area contributed by atoms with Gasteiger partial charge in [-0.05, 0) is 34.1 Å². The number of halogens is 3. The van der Waals surface area contributed by atoms with Crippen molar-refractivity contribution >= 4 is 56.4 Å². The van der Waals surface area contributed by atoms with Gasteiger partial charge in [-0.25, -0.2) is 4.98 Å². The van der Waals surface area contributed by atoms with Crippen molar-refractivity contribution in [3.63, 3.8) is 0 Å². The third kappa shape index (κ3) is 3.69. The first-order valence-corrected chi connectivity index (χ1v) is 7.70. The first kappa shape index (κ1) is 14.8. The van der Waals surface area contributed by atoms with E-state index in [0.717, 1.165) is 9.35 Å². The maximum absolute atomic E-state index is 12.2. The Kier molecular flexibility index (Phi) is 4.84. The third-order valence-electron chi connectivity index (χ3n) is 2.41. The first-order valence-electron chi connectivity index (χ1n) is 5.28. The van der Waals surface area contributed by atoms with E-state index < -0.39 is 0 Å². The summed E-state index contributed by atoms with van der Waals surface area (Å²) >= 11 is 16.6. The molecule has 2 heterocycles. The smallest absolute Gasteiger partial charge is 0.257 e. The molecule has 0 saturated heterocycles. The van der Waals surface area contributed by atoms with Crippen molar-refractivity contribution in [3.05, 3.63) is 48.8 Å². The Labute approximate surface area is 133 Å². The molecule has 1 amide bonds. The molecule has 0 radical (unpaired) electrons. The summed E-state index contributed by atoms with van der Waals surface area (Å²) in [6.07, 6.45) is 0. The van der Waals surface area contributed by atoms with Crippen molar-refractivity contribution in [2.45, 2.75) is 6.54 Å². The molecule has 0 saturated carbocycles. The fourth-order valence-corrected chi connectivity index (χ4v) is 3.45.